The average molecular weight is 200 g/mol. The molecule has 0 aliphatic carbocycles. The fourth-order valence-electron chi connectivity index (χ4n) is 1.18. The Balaban J connectivity index is 2.55. The molecule has 1 fully saturated rings. The number of hydrazine groups is 1. The third kappa shape index (κ3) is 2.43. The van der Waals surface area contributed by atoms with Crippen molar-refractivity contribution in [3.8, 4) is 0 Å². The Morgan fingerprint density at radius 2 is 2.14 bits per heavy atom. The highest BCUT2D eigenvalue weighted by Gasteiger charge is 2.23. The molecular weight excluding hydrogens is 188 g/mol. The highest BCUT2D eigenvalue weighted by Crippen LogP contribution is 1.96. The van der Waals surface area contributed by atoms with Gasteiger partial charge in [0, 0.05) is 26.1 Å². The van der Waals surface area contributed by atoms with Crippen molar-refractivity contribution in [3.63, 3.8) is 0 Å². The second-order valence-corrected chi connectivity index (χ2v) is 2.87. The lowest BCUT2D eigenvalue weighted by Crippen LogP contribution is -2.46. The standard InChI is InChI=1S/C7H12N4O3/c8-10-6(13)7(14)11-3-1-5(12)9-2-4-11/h1-4,8H2,(H,9,12)(H,10,13). The number of hydrogen-bond donors (Lipinski definition) is 3. The van der Waals surface area contributed by atoms with E-state index in [1.165, 1.54) is 4.90 Å². The van der Waals surface area contributed by atoms with Crippen molar-refractivity contribution < 1.29 is 14.4 Å². The maximum atomic E-state index is 11.3. The zero-order valence-electron chi connectivity index (χ0n) is 7.58. The highest BCUT2D eigenvalue weighted by atomic mass is 16.2. The Morgan fingerprint density at radius 3 is 2.79 bits per heavy atom. The maximum Gasteiger partial charge on any atom is 0.323 e. The molecule has 7 heteroatoms. The fraction of sp³-hybridized carbons (Fsp3) is 0.571. The number of hydrogen-bond acceptors (Lipinski definition) is 4. The Bertz CT molecular complexity index is 266. The molecule has 4 N–H and O–H groups in total. The molecule has 0 aromatic carbocycles. The molecule has 0 aromatic heterocycles. The van der Waals surface area contributed by atoms with Gasteiger partial charge in [-0.3, -0.25) is 19.8 Å². The molecule has 78 valence electrons. The molecule has 1 saturated heterocycles. The smallest absolute Gasteiger partial charge is 0.323 e. The summed E-state index contributed by atoms with van der Waals surface area (Å²) in [6.45, 7) is 0.943. The van der Waals surface area contributed by atoms with Crippen LogP contribution in [0, 0.1) is 0 Å². The number of amides is 3. The molecule has 1 heterocycles. The first-order chi connectivity index (χ1) is 6.65. The lowest BCUT2D eigenvalue weighted by Gasteiger charge is -2.17. The van der Waals surface area contributed by atoms with Crippen LogP contribution >= 0.6 is 0 Å². The molecular formula is C7H12N4O3. The quantitative estimate of drug-likeness (QED) is 0.171. The number of nitrogens with one attached hydrogen (secondary N) is 2. The van der Waals surface area contributed by atoms with Gasteiger partial charge in [0.25, 0.3) is 0 Å². The number of nitrogens with zero attached hydrogens (tertiary/aromatic N) is 1. The van der Waals surface area contributed by atoms with E-state index in [1.54, 1.807) is 5.43 Å². The topological polar surface area (TPSA) is 105 Å². The first-order valence-electron chi connectivity index (χ1n) is 4.21. The van der Waals surface area contributed by atoms with E-state index < -0.39 is 11.8 Å². The molecule has 14 heavy (non-hydrogen) atoms. The van der Waals surface area contributed by atoms with Crippen LogP contribution in [-0.4, -0.2) is 42.3 Å². The molecule has 1 rings (SSSR count). The molecule has 1 aliphatic rings. The molecule has 3 amide bonds. The SMILES string of the molecule is NNC(=O)C(=O)N1CCNC(=O)CC1. The number of carbonyl (C=O) groups is 3. The van der Waals surface area contributed by atoms with Crippen LogP contribution in [0.1, 0.15) is 6.42 Å². The highest BCUT2D eigenvalue weighted by molar-refractivity contribution is 6.34. The minimum atomic E-state index is -0.862. The van der Waals surface area contributed by atoms with E-state index in [2.05, 4.69) is 5.32 Å². The summed E-state index contributed by atoms with van der Waals surface area (Å²) in [5.74, 6) is 3.13. The second-order valence-electron chi connectivity index (χ2n) is 2.87. The van der Waals surface area contributed by atoms with Crippen LogP contribution in [0.15, 0.2) is 0 Å². The van der Waals surface area contributed by atoms with Gasteiger partial charge >= 0.3 is 11.8 Å². The third-order valence-electron chi connectivity index (χ3n) is 1.93. The zero-order chi connectivity index (χ0) is 10.6. The number of rotatable bonds is 0. The molecule has 0 spiro atoms. The van der Waals surface area contributed by atoms with E-state index >= 15 is 0 Å². The third-order valence-corrected chi connectivity index (χ3v) is 1.93. The van der Waals surface area contributed by atoms with E-state index in [-0.39, 0.29) is 18.9 Å². The monoisotopic (exact) mass is 200 g/mol. The van der Waals surface area contributed by atoms with Crippen molar-refractivity contribution in [1.29, 1.82) is 0 Å². The Morgan fingerprint density at radius 1 is 1.43 bits per heavy atom. The summed E-state index contributed by atoms with van der Waals surface area (Å²) in [6, 6.07) is 0. The van der Waals surface area contributed by atoms with Gasteiger partial charge in [-0.1, -0.05) is 0 Å². The second kappa shape index (κ2) is 4.56. The van der Waals surface area contributed by atoms with Gasteiger partial charge in [-0.05, 0) is 0 Å². The van der Waals surface area contributed by atoms with Crippen molar-refractivity contribution in [2.24, 2.45) is 5.84 Å². The summed E-state index contributed by atoms with van der Waals surface area (Å²) in [5, 5.41) is 2.59. The van der Waals surface area contributed by atoms with Crippen LogP contribution < -0.4 is 16.6 Å². The lowest BCUT2D eigenvalue weighted by atomic mass is 10.3. The largest absolute Gasteiger partial charge is 0.354 e. The van der Waals surface area contributed by atoms with Gasteiger partial charge in [-0.25, -0.2) is 5.84 Å². The van der Waals surface area contributed by atoms with E-state index in [4.69, 9.17) is 5.84 Å². The van der Waals surface area contributed by atoms with Crippen molar-refractivity contribution in [1.82, 2.24) is 15.6 Å². The van der Waals surface area contributed by atoms with Crippen molar-refractivity contribution in [2.45, 2.75) is 6.42 Å². The molecule has 0 unspecified atom stereocenters. The average Bonchev–Trinajstić information content (AvgIpc) is 2.40. The summed E-state index contributed by atoms with van der Waals surface area (Å²) >= 11 is 0. The van der Waals surface area contributed by atoms with Gasteiger partial charge in [0.05, 0.1) is 0 Å². The number of carbonyl (C=O) groups excluding carboxylic acids is 3. The minimum Gasteiger partial charge on any atom is -0.354 e. The summed E-state index contributed by atoms with van der Waals surface area (Å²) in [4.78, 5) is 34.4. The van der Waals surface area contributed by atoms with Gasteiger partial charge in [-0.2, -0.15) is 0 Å². The van der Waals surface area contributed by atoms with Gasteiger partial charge in [0.2, 0.25) is 5.91 Å². The normalized spacial score (nSPS) is 16.9. The van der Waals surface area contributed by atoms with Crippen molar-refractivity contribution in [2.75, 3.05) is 19.6 Å². The molecule has 1 aliphatic heterocycles. The minimum absolute atomic E-state index is 0.117. The van der Waals surface area contributed by atoms with Crippen LogP contribution in [-0.2, 0) is 14.4 Å². The van der Waals surface area contributed by atoms with E-state index in [0.717, 1.165) is 0 Å². The van der Waals surface area contributed by atoms with Crippen LogP contribution in [0.5, 0.6) is 0 Å². The first-order valence-corrected chi connectivity index (χ1v) is 4.21. The molecule has 0 saturated carbocycles. The van der Waals surface area contributed by atoms with E-state index in [1.807, 2.05) is 0 Å². The van der Waals surface area contributed by atoms with Gasteiger partial charge in [0.15, 0.2) is 0 Å². The molecule has 0 aromatic rings. The van der Waals surface area contributed by atoms with Crippen LogP contribution in [0.2, 0.25) is 0 Å². The predicted octanol–water partition coefficient (Wildman–Crippen LogP) is -2.68. The van der Waals surface area contributed by atoms with Crippen LogP contribution in [0.3, 0.4) is 0 Å². The van der Waals surface area contributed by atoms with Gasteiger partial charge in [-0.15, -0.1) is 0 Å². The molecule has 7 nitrogen and oxygen atoms in total. The van der Waals surface area contributed by atoms with Crippen molar-refractivity contribution in [3.05, 3.63) is 0 Å². The van der Waals surface area contributed by atoms with Crippen molar-refractivity contribution >= 4 is 17.7 Å². The first kappa shape index (κ1) is 10.5. The molecule has 0 atom stereocenters. The summed E-state index contributed by atoms with van der Waals surface area (Å²) < 4.78 is 0. The molecule has 0 bridgehead atoms. The lowest BCUT2D eigenvalue weighted by molar-refractivity contribution is -0.145. The van der Waals surface area contributed by atoms with E-state index in [0.29, 0.717) is 13.1 Å². The van der Waals surface area contributed by atoms with Gasteiger partial charge in [0.1, 0.15) is 0 Å². The zero-order valence-corrected chi connectivity index (χ0v) is 7.58. The molecule has 0 radical (unpaired) electrons. The van der Waals surface area contributed by atoms with Crippen LogP contribution in [0.25, 0.3) is 0 Å². The van der Waals surface area contributed by atoms with Gasteiger partial charge < -0.3 is 10.2 Å². The van der Waals surface area contributed by atoms with Crippen LogP contribution in [0.4, 0.5) is 0 Å². The Hall–Kier alpha value is -1.63. The predicted molar refractivity (Wildman–Crippen MR) is 46.5 cm³/mol. The Kier molecular flexibility index (Phi) is 3.41. The Labute approximate surface area is 80.6 Å². The fourth-order valence-corrected chi connectivity index (χ4v) is 1.18. The van der Waals surface area contributed by atoms with E-state index in [9.17, 15) is 14.4 Å². The number of nitrogens with two attached hydrogens (primary N) is 1. The summed E-state index contributed by atoms with van der Waals surface area (Å²) in [7, 11) is 0. The maximum absolute atomic E-state index is 11.3. The summed E-state index contributed by atoms with van der Waals surface area (Å²) in [5.41, 5.74) is 1.76. The summed E-state index contributed by atoms with van der Waals surface area (Å²) in [6.07, 6.45) is 0.212.